The van der Waals surface area contributed by atoms with Crippen molar-refractivity contribution in [1.82, 2.24) is 9.78 Å². The number of rotatable bonds is 5. The maximum Gasteiger partial charge on any atom is 0.0650 e. The second-order valence-corrected chi connectivity index (χ2v) is 4.03. The first-order valence-corrected chi connectivity index (χ1v) is 5.35. The van der Waals surface area contributed by atoms with Gasteiger partial charge in [-0.15, -0.1) is 0 Å². The van der Waals surface area contributed by atoms with Gasteiger partial charge in [0.1, 0.15) is 0 Å². The fraction of sp³-hybridized carbons (Fsp3) is 0.727. The second-order valence-electron chi connectivity index (χ2n) is 4.03. The first-order valence-electron chi connectivity index (χ1n) is 5.35. The van der Waals surface area contributed by atoms with Gasteiger partial charge in [-0.2, -0.15) is 5.10 Å². The van der Waals surface area contributed by atoms with Crippen molar-refractivity contribution in [3.63, 3.8) is 0 Å². The molecule has 0 bridgehead atoms. The Labute approximate surface area is 85.8 Å². The largest absolute Gasteiger partial charge is 0.393 e. The third-order valence-electron chi connectivity index (χ3n) is 2.26. The summed E-state index contributed by atoms with van der Waals surface area (Å²) >= 11 is 0. The predicted octanol–water partition coefficient (Wildman–Crippen LogP) is 2.17. The molecule has 0 fully saturated rings. The Hall–Kier alpha value is -0.830. The average molecular weight is 196 g/mol. The fourth-order valence-corrected chi connectivity index (χ4v) is 1.45. The van der Waals surface area contributed by atoms with Gasteiger partial charge in [0.05, 0.1) is 11.8 Å². The molecule has 1 heterocycles. The van der Waals surface area contributed by atoms with Crippen molar-refractivity contribution in [2.45, 2.75) is 52.2 Å². The molecule has 3 nitrogen and oxygen atoms in total. The lowest BCUT2D eigenvalue weighted by Gasteiger charge is -2.07. The van der Waals surface area contributed by atoms with Gasteiger partial charge in [0.2, 0.25) is 0 Å². The molecule has 14 heavy (non-hydrogen) atoms. The van der Waals surface area contributed by atoms with E-state index in [2.05, 4.69) is 25.9 Å². The van der Waals surface area contributed by atoms with Crippen LogP contribution in [0.2, 0.25) is 0 Å². The van der Waals surface area contributed by atoms with E-state index in [1.54, 1.807) is 0 Å². The molecule has 0 aromatic carbocycles. The maximum absolute atomic E-state index is 9.60. The van der Waals surface area contributed by atoms with Gasteiger partial charge in [-0.1, -0.05) is 13.3 Å². The van der Waals surface area contributed by atoms with Crippen LogP contribution in [0.4, 0.5) is 0 Å². The Morgan fingerprint density at radius 1 is 1.50 bits per heavy atom. The second kappa shape index (κ2) is 5.15. The number of aromatic nitrogens is 2. The summed E-state index contributed by atoms with van der Waals surface area (Å²) in [7, 11) is 0. The van der Waals surface area contributed by atoms with E-state index in [-0.39, 0.29) is 6.10 Å². The van der Waals surface area contributed by atoms with E-state index >= 15 is 0 Å². The lowest BCUT2D eigenvalue weighted by atomic mass is 10.1. The molecular weight excluding hydrogens is 176 g/mol. The molecule has 0 radical (unpaired) electrons. The Morgan fingerprint density at radius 3 is 2.71 bits per heavy atom. The summed E-state index contributed by atoms with van der Waals surface area (Å²) in [5, 5.41) is 14.0. The third-order valence-corrected chi connectivity index (χ3v) is 2.26. The summed E-state index contributed by atoms with van der Waals surface area (Å²) in [6.07, 6.45) is 4.28. The highest BCUT2D eigenvalue weighted by atomic mass is 16.3. The van der Waals surface area contributed by atoms with Crippen LogP contribution in [-0.2, 0) is 6.42 Å². The van der Waals surface area contributed by atoms with Gasteiger partial charge in [-0.25, -0.2) is 0 Å². The van der Waals surface area contributed by atoms with E-state index in [9.17, 15) is 5.11 Å². The highest BCUT2D eigenvalue weighted by Gasteiger charge is 2.07. The highest BCUT2D eigenvalue weighted by molar-refractivity contribution is 5.01. The lowest BCUT2D eigenvalue weighted by molar-refractivity contribution is 0.162. The SMILES string of the molecule is CCCC(O)Cc1ccn(C(C)C)n1. The summed E-state index contributed by atoms with van der Waals surface area (Å²) in [4.78, 5) is 0. The standard InChI is InChI=1S/C11H20N2O/c1-4-5-11(14)8-10-6-7-13(12-10)9(2)3/h6-7,9,11,14H,4-5,8H2,1-3H3. The molecule has 1 N–H and O–H groups in total. The maximum atomic E-state index is 9.60. The van der Waals surface area contributed by atoms with Gasteiger partial charge in [-0.05, 0) is 26.3 Å². The molecule has 1 unspecified atom stereocenters. The van der Waals surface area contributed by atoms with Crippen molar-refractivity contribution >= 4 is 0 Å². The van der Waals surface area contributed by atoms with Crippen LogP contribution < -0.4 is 0 Å². The van der Waals surface area contributed by atoms with Crippen LogP contribution in [-0.4, -0.2) is 21.0 Å². The average Bonchev–Trinajstić information content (AvgIpc) is 2.53. The molecule has 0 spiro atoms. The number of nitrogens with zero attached hydrogens (tertiary/aromatic N) is 2. The monoisotopic (exact) mass is 196 g/mol. The van der Waals surface area contributed by atoms with Gasteiger partial charge in [-0.3, -0.25) is 4.68 Å². The minimum atomic E-state index is -0.240. The van der Waals surface area contributed by atoms with Crippen molar-refractivity contribution in [2.75, 3.05) is 0 Å². The fourth-order valence-electron chi connectivity index (χ4n) is 1.45. The van der Waals surface area contributed by atoms with Crippen LogP contribution in [0.5, 0.6) is 0 Å². The molecule has 0 aliphatic rings. The summed E-state index contributed by atoms with van der Waals surface area (Å²) in [6, 6.07) is 2.38. The minimum Gasteiger partial charge on any atom is -0.393 e. The number of aliphatic hydroxyl groups excluding tert-OH is 1. The van der Waals surface area contributed by atoms with Crippen LogP contribution in [0.15, 0.2) is 12.3 Å². The minimum absolute atomic E-state index is 0.240. The Balaban J connectivity index is 2.51. The number of hydrogen-bond donors (Lipinski definition) is 1. The van der Waals surface area contributed by atoms with E-state index in [1.165, 1.54) is 0 Å². The smallest absolute Gasteiger partial charge is 0.0650 e. The zero-order chi connectivity index (χ0) is 10.6. The highest BCUT2D eigenvalue weighted by Crippen LogP contribution is 2.08. The van der Waals surface area contributed by atoms with Crippen molar-refractivity contribution in [3.05, 3.63) is 18.0 Å². The van der Waals surface area contributed by atoms with Crippen molar-refractivity contribution < 1.29 is 5.11 Å². The van der Waals surface area contributed by atoms with E-state index < -0.39 is 0 Å². The molecule has 0 saturated carbocycles. The Bertz CT molecular complexity index is 268. The topological polar surface area (TPSA) is 38.0 Å². The molecule has 1 aromatic rings. The first kappa shape index (κ1) is 11.2. The molecule has 80 valence electrons. The zero-order valence-electron chi connectivity index (χ0n) is 9.27. The first-order chi connectivity index (χ1) is 6.63. The summed E-state index contributed by atoms with van der Waals surface area (Å²) in [5.74, 6) is 0. The van der Waals surface area contributed by atoms with Crippen LogP contribution >= 0.6 is 0 Å². The quantitative estimate of drug-likeness (QED) is 0.783. The Morgan fingerprint density at radius 2 is 2.21 bits per heavy atom. The summed E-state index contributed by atoms with van der Waals surface area (Å²) < 4.78 is 1.92. The lowest BCUT2D eigenvalue weighted by Crippen LogP contribution is -2.11. The molecule has 1 atom stereocenters. The van der Waals surface area contributed by atoms with Crippen LogP contribution in [0.1, 0.15) is 45.3 Å². The van der Waals surface area contributed by atoms with E-state index in [0.717, 1.165) is 18.5 Å². The Kier molecular flexibility index (Phi) is 4.14. The summed E-state index contributed by atoms with van der Waals surface area (Å²) in [5.41, 5.74) is 0.986. The number of hydrogen-bond acceptors (Lipinski definition) is 2. The third kappa shape index (κ3) is 3.14. The van der Waals surface area contributed by atoms with Crippen LogP contribution in [0.3, 0.4) is 0 Å². The molecule has 1 aromatic heterocycles. The van der Waals surface area contributed by atoms with Crippen LogP contribution in [0, 0.1) is 0 Å². The summed E-state index contributed by atoms with van der Waals surface area (Å²) in [6.45, 7) is 6.27. The molecule has 0 amide bonds. The van der Waals surface area contributed by atoms with E-state index in [4.69, 9.17) is 0 Å². The van der Waals surface area contributed by atoms with Crippen LogP contribution in [0.25, 0.3) is 0 Å². The predicted molar refractivity (Wildman–Crippen MR) is 57.2 cm³/mol. The van der Waals surface area contributed by atoms with Gasteiger partial charge >= 0.3 is 0 Å². The molecule has 0 aliphatic carbocycles. The van der Waals surface area contributed by atoms with Gasteiger partial charge in [0.15, 0.2) is 0 Å². The van der Waals surface area contributed by atoms with Crippen molar-refractivity contribution in [1.29, 1.82) is 0 Å². The molecule has 3 heteroatoms. The molecular formula is C11H20N2O. The van der Waals surface area contributed by atoms with E-state index in [1.807, 2.05) is 16.9 Å². The number of aliphatic hydroxyl groups is 1. The molecule has 0 saturated heterocycles. The van der Waals surface area contributed by atoms with Crippen molar-refractivity contribution in [2.24, 2.45) is 0 Å². The zero-order valence-corrected chi connectivity index (χ0v) is 9.27. The van der Waals surface area contributed by atoms with Gasteiger partial charge < -0.3 is 5.11 Å². The molecule has 1 rings (SSSR count). The molecule has 0 aliphatic heterocycles. The van der Waals surface area contributed by atoms with Gasteiger partial charge in [0.25, 0.3) is 0 Å². The van der Waals surface area contributed by atoms with Crippen molar-refractivity contribution in [3.8, 4) is 0 Å². The normalized spacial score (nSPS) is 13.5. The van der Waals surface area contributed by atoms with Gasteiger partial charge in [0, 0.05) is 18.7 Å². The van der Waals surface area contributed by atoms with E-state index in [0.29, 0.717) is 12.5 Å².